The minimum atomic E-state index is -0.942. The lowest BCUT2D eigenvalue weighted by molar-refractivity contribution is 0.0685. The molecule has 0 atom stereocenters. The zero-order valence-electron chi connectivity index (χ0n) is 27.2. The van der Waals surface area contributed by atoms with Crippen molar-refractivity contribution in [3.63, 3.8) is 0 Å². The van der Waals surface area contributed by atoms with Crippen molar-refractivity contribution in [1.82, 2.24) is 14.3 Å². The number of fused-ring (bicyclic) bond motifs is 8. The Morgan fingerprint density at radius 3 is 2.69 bits per heavy atom. The third kappa shape index (κ3) is 6.44. The Kier molecular flexibility index (Phi) is 9.96. The van der Waals surface area contributed by atoms with Gasteiger partial charge in [-0.1, -0.05) is 41.9 Å². The lowest BCUT2D eigenvalue weighted by Crippen LogP contribution is -2.09. The van der Waals surface area contributed by atoms with Gasteiger partial charge in [-0.25, -0.2) is 4.79 Å². The number of carboxylic acid groups (broad SMARTS) is 1. The number of benzene rings is 3. The highest BCUT2D eigenvalue weighted by molar-refractivity contribution is 8.06. The summed E-state index contributed by atoms with van der Waals surface area (Å²) in [6, 6.07) is 16.5. The Morgan fingerprint density at radius 1 is 1.00 bits per heavy atom. The molecule has 5 aromatic rings. The number of rotatable bonds is 1. The van der Waals surface area contributed by atoms with Crippen molar-refractivity contribution >= 4 is 74.5 Å². The summed E-state index contributed by atoms with van der Waals surface area (Å²) in [5.41, 5.74) is 13.4. The minimum Gasteiger partial charge on any atom is -0.493 e. The van der Waals surface area contributed by atoms with Crippen LogP contribution >= 0.6 is 46.9 Å². The molecule has 0 saturated heterocycles. The molecule has 0 radical (unpaired) electrons. The number of carbonyl (C=O) groups is 1. The van der Waals surface area contributed by atoms with Gasteiger partial charge in [0.25, 0.3) is 0 Å². The van der Waals surface area contributed by atoms with Crippen LogP contribution in [0.25, 0.3) is 32.8 Å². The third-order valence-corrected chi connectivity index (χ3v) is 13.0. The van der Waals surface area contributed by atoms with E-state index in [0.717, 1.165) is 109 Å². The number of allylic oxidation sites excluding steroid dienone is 1. The Bertz CT molecular complexity index is 2060. The monoisotopic (exact) mass is 718 g/mol. The molecule has 0 saturated carbocycles. The van der Waals surface area contributed by atoms with Crippen molar-refractivity contribution in [1.29, 1.82) is 0 Å². The fraction of sp³-hybridized carbons (Fsp3) is 0.351. The number of hydrogen-bond acceptors (Lipinski definition) is 7. The number of aryl methyl sites for hydroxylation is 3. The molecule has 0 aliphatic carbocycles. The van der Waals surface area contributed by atoms with Crippen molar-refractivity contribution in [2.24, 2.45) is 12.8 Å². The van der Waals surface area contributed by atoms with E-state index < -0.39 is 5.97 Å². The van der Waals surface area contributed by atoms with Crippen LogP contribution in [0.4, 0.5) is 0 Å². The number of hydrogen-bond donors (Lipinski definition) is 2. The first kappa shape index (κ1) is 33.3. The van der Waals surface area contributed by atoms with E-state index in [0.29, 0.717) is 30.2 Å². The maximum atomic E-state index is 12.8. The molecule has 2 aliphatic heterocycles. The van der Waals surface area contributed by atoms with Crippen molar-refractivity contribution in [2.45, 2.75) is 56.2 Å². The molecule has 6 bridgehead atoms. The summed E-state index contributed by atoms with van der Waals surface area (Å²) >= 11 is 12.6. The molecule has 11 heteroatoms. The van der Waals surface area contributed by atoms with E-state index >= 15 is 0 Å². The van der Waals surface area contributed by atoms with Crippen LogP contribution in [0, 0.1) is 0 Å². The number of nitrogens with zero attached hydrogens (tertiary/aromatic N) is 3. The van der Waals surface area contributed by atoms with Crippen molar-refractivity contribution in [3.8, 4) is 16.9 Å². The fourth-order valence-electron chi connectivity index (χ4n) is 6.97. The highest BCUT2D eigenvalue weighted by Crippen LogP contribution is 2.44. The largest absolute Gasteiger partial charge is 0.493 e. The molecule has 3 aromatic carbocycles. The first-order valence-electron chi connectivity index (χ1n) is 16.4. The Balaban J connectivity index is 1.30. The summed E-state index contributed by atoms with van der Waals surface area (Å²) in [4.78, 5) is 15.2. The van der Waals surface area contributed by atoms with Gasteiger partial charge in [0.2, 0.25) is 0 Å². The zero-order valence-corrected chi connectivity index (χ0v) is 30.4. The number of halogens is 1. The van der Waals surface area contributed by atoms with Gasteiger partial charge in [0.05, 0.1) is 22.8 Å². The molecule has 250 valence electrons. The van der Waals surface area contributed by atoms with Crippen LogP contribution in [0.15, 0.2) is 64.0 Å². The van der Waals surface area contributed by atoms with Gasteiger partial charge in [-0.3, -0.25) is 4.68 Å². The zero-order chi connectivity index (χ0) is 33.4. The number of ether oxygens (including phenoxy) is 1. The Hall–Kier alpha value is -3.18. The van der Waals surface area contributed by atoms with E-state index in [2.05, 4.69) is 35.0 Å². The summed E-state index contributed by atoms with van der Waals surface area (Å²) in [6.07, 6.45) is 4.23. The molecule has 7 nitrogen and oxygen atoms in total. The molecule has 2 aliphatic rings. The standard InChI is InChI=1S/C37H39ClN4O3S3/c1-22(39)32-21-48-24-18-23-8-3-4-9-25(23)31(19-24)45-15-6-10-26-27-12-13-28(38)33(35(27)41(2)36(26)37(43)44)34-29(20-46-16-7-17-47-32)40-42-14-5-11-30(34)42/h3-4,8-9,12-13,18-19H,5-7,10-11,14-17,20-21,39H2,1-2H3,(H,43,44)/b32-22-. The van der Waals surface area contributed by atoms with Gasteiger partial charge in [0.15, 0.2) is 0 Å². The number of thioether (sulfide) groups is 3. The summed E-state index contributed by atoms with van der Waals surface area (Å²) in [7, 11) is 1.85. The van der Waals surface area contributed by atoms with Crippen molar-refractivity contribution in [2.75, 3.05) is 23.9 Å². The summed E-state index contributed by atoms with van der Waals surface area (Å²) in [5, 5.41) is 19.3. The van der Waals surface area contributed by atoms with Gasteiger partial charge in [-0.05, 0) is 79.7 Å². The van der Waals surface area contributed by atoms with Gasteiger partial charge in [-0.2, -0.15) is 16.9 Å². The van der Waals surface area contributed by atoms with Gasteiger partial charge >= 0.3 is 5.97 Å². The molecular weight excluding hydrogens is 680 g/mol. The van der Waals surface area contributed by atoms with Crippen LogP contribution in [0.2, 0.25) is 5.02 Å². The Morgan fingerprint density at radius 2 is 1.85 bits per heavy atom. The molecule has 3 N–H and O–H groups in total. The van der Waals surface area contributed by atoms with Crippen LogP contribution in [0.3, 0.4) is 0 Å². The fourth-order valence-corrected chi connectivity index (χ4v) is 10.5. The molecule has 7 rings (SSSR count). The summed E-state index contributed by atoms with van der Waals surface area (Å²) in [6.45, 7) is 3.33. The average Bonchev–Trinajstić information content (AvgIpc) is 3.73. The molecule has 48 heavy (non-hydrogen) atoms. The Labute approximate surface area is 298 Å². The van der Waals surface area contributed by atoms with E-state index in [-0.39, 0.29) is 0 Å². The molecule has 0 unspecified atom stereocenters. The number of aromatic carboxylic acids is 1. The first-order chi connectivity index (χ1) is 23.3. The second-order valence-corrected chi connectivity index (χ2v) is 16.1. The van der Waals surface area contributed by atoms with E-state index in [1.54, 1.807) is 11.8 Å². The topological polar surface area (TPSA) is 95.3 Å². The highest BCUT2D eigenvalue weighted by Gasteiger charge is 2.29. The predicted octanol–water partition coefficient (Wildman–Crippen LogP) is 9.16. The van der Waals surface area contributed by atoms with E-state index in [1.807, 2.05) is 60.3 Å². The molecule has 0 spiro atoms. The van der Waals surface area contributed by atoms with Gasteiger partial charge in [0, 0.05) is 68.2 Å². The normalized spacial score (nSPS) is 17.4. The van der Waals surface area contributed by atoms with E-state index in [4.69, 9.17) is 27.2 Å². The molecule has 0 amide bonds. The van der Waals surface area contributed by atoms with Gasteiger partial charge in [-0.15, -0.1) is 23.5 Å². The lowest BCUT2D eigenvalue weighted by atomic mass is 9.97. The van der Waals surface area contributed by atoms with Crippen LogP contribution in [-0.4, -0.2) is 49.3 Å². The molecular formula is C37H39ClN4O3S3. The van der Waals surface area contributed by atoms with Crippen LogP contribution in [0.1, 0.15) is 53.6 Å². The summed E-state index contributed by atoms with van der Waals surface area (Å²) < 4.78 is 10.4. The molecule has 0 fully saturated rings. The van der Waals surface area contributed by atoms with Crippen LogP contribution in [0.5, 0.6) is 5.75 Å². The van der Waals surface area contributed by atoms with Crippen molar-refractivity contribution in [3.05, 3.63) is 86.8 Å². The lowest BCUT2D eigenvalue weighted by Gasteiger charge is -2.14. The van der Waals surface area contributed by atoms with Gasteiger partial charge in [0.1, 0.15) is 11.4 Å². The second-order valence-electron chi connectivity index (χ2n) is 12.3. The predicted molar refractivity (Wildman–Crippen MR) is 203 cm³/mol. The van der Waals surface area contributed by atoms with E-state index in [9.17, 15) is 9.90 Å². The first-order valence-corrected chi connectivity index (χ1v) is 19.9. The molecule has 2 aromatic heterocycles. The van der Waals surface area contributed by atoms with E-state index in [1.165, 1.54) is 10.6 Å². The smallest absolute Gasteiger partial charge is 0.352 e. The number of aromatic nitrogens is 3. The third-order valence-electron chi connectivity index (χ3n) is 9.16. The average molecular weight is 719 g/mol. The maximum absolute atomic E-state index is 12.8. The quantitative estimate of drug-likeness (QED) is 0.177. The summed E-state index contributed by atoms with van der Waals surface area (Å²) in [5.74, 6) is 3.46. The molecule has 4 heterocycles. The van der Waals surface area contributed by atoms with Gasteiger partial charge < -0.3 is 20.1 Å². The SMILES string of the molecule is C/C(N)=C1\CSc2cc(c3ccccc3c2)OCCCc2c(C(=O)O)n(C)c3c(c(Cl)ccc23)-c2c(nn3c2CCC3)CSCCCS1. The maximum Gasteiger partial charge on any atom is 0.352 e. The van der Waals surface area contributed by atoms with Crippen molar-refractivity contribution < 1.29 is 14.6 Å². The second kappa shape index (κ2) is 14.4. The minimum absolute atomic E-state index is 0.298. The van der Waals surface area contributed by atoms with Crippen LogP contribution in [-0.2, 0) is 32.2 Å². The number of carboxylic acids is 1. The highest BCUT2D eigenvalue weighted by atomic mass is 35.5. The number of nitrogens with two attached hydrogens (primary N) is 1. The van der Waals surface area contributed by atoms with Crippen LogP contribution < -0.4 is 10.5 Å².